The molecule has 0 spiro atoms. The highest BCUT2D eigenvalue weighted by molar-refractivity contribution is 5.68. The van der Waals surface area contributed by atoms with Crippen LogP contribution in [-0.4, -0.2) is 71.0 Å². The number of halogens is 1. The molecule has 1 fully saturated rings. The zero-order valence-electron chi connectivity index (χ0n) is 16.2. The highest BCUT2D eigenvalue weighted by Crippen LogP contribution is 2.21. The monoisotopic (exact) mass is 384 g/mol. The van der Waals surface area contributed by atoms with Crippen LogP contribution in [0.3, 0.4) is 0 Å². The minimum absolute atomic E-state index is 0.0858. The minimum atomic E-state index is -1.70. The summed E-state index contributed by atoms with van der Waals surface area (Å²) >= 11 is 0. The molecule has 1 aromatic carbocycles. The molecule has 8 heteroatoms. The third-order valence-corrected chi connectivity index (χ3v) is 4.15. The summed E-state index contributed by atoms with van der Waals surface area (Å²) in [7, 11) is 0. The first-order valence-electron chi connectivity index (χ1n) is 9.14. The Kier molecular flexibility index (Phi) is 7.41. The van der Waals surface area contributed by atoms with Gasteiger partial charge in [-0.15, -0.1) is 0 Å². The first-order valence-corrected chi connectivity index (χ1v) is 9.14. The van der Waals surface area contributed by atoms with E-state index in [4.69, 9.17) is 19.7 Å². The van der Waals surface area contributed by atoms with Crippen molar-refractivity contribution in [3.8, 4) is 5.75 Å². The highest BCUT2D eigenvalue weighted by atomic mass is 19.1. The molecule has 0 saturated carbocycles. The van der Waals surface area contributed by atoms with Crippen molar-refractivity contribution in [2.24, 2.45) is 0 Å². The Bertz CT molecular complexity index is 625. The van der Waals surface area contributed by atoms with E-state index in [2.05, 4.69) is 4.90 Å². The Morgan fingerprint density at radius 2 is 1.89 bits per heavy atom. The third kappa shape index (κ3) is 6.97. The molecular weight excluding hydrogens is 355 g/mol. The topological polar surface area (TPSA) is 82.5 Å². The maximum atomic E-state index is 13.8. The number of nitrogens with zero attached hydrogens (tertiary/aromatic N) is 2. The van der Waals surface area contributed by atoms with Crippen LogP contribution in [0, 0.1) is 5.82 Å². The molecule has 0 atom stereocenters. The summed E-state index contributed by atoms with van der Waals surface area (Å²) in [6.45, 7) is 9.45. The average molecular weight is 384 g/mol. The number of hydrogen-bond acceptors (Lipinski definition) is 6. The van der Waals surface area contributed by atoms with Gasteiger partial charge in [0.25, 0.3) is 0 Å². The molecule has 2 rings (SSSR count). The van der Waals surface area contributed by atoms with Crippen molar-refractivity contribution in [2.45, 2.75) is 39.1 Å². The molecule has 2 N–H and O–H groups in total. The van der Waals surface area contributed by atoms with Crippen molar-refractivity contribution >= 4 is 6.09 Å². The summed E-state index contributed by atoms with van der Waals surface area (Å²) in [6, 6.07) is 3.86. The maximum absolute atomic E-state index is 13.8. The second-order valence-corrected chi connectivity index (χ2v) is 7.57. The molecule has 1 amide bonds. The van der Waals surface area contributed by atoms with Gasteiger partial charge in [0.05, 0.1) is 6.61 Å². The fraction of sp³-hybridized carbons (Fsp3) is 0.632. The molecule has 0 radical (unpaired) electrons. The fourth-order valence-electron chi connectivity index (χ4n) is 2.75. The van der Waals surface area contributed by atoms with Gasteiger partial charge in [-0.25, -0.2) is 9.18 Å². The SMILES string of the molecule is CC(C)(C)OC(=O)N1CCN(CCCOc2ccc(C(O)O)cc2F)CC1. The first kappa shape index (κ1) is 21.4. The lowest BCUT2D eigenvalue weighted by atomic mass is 10.2. The molecule has 1 saturated heterocycles. The normalized spacial score (nSPS) is 15.9. The molecule has 0 bridgehead atoms. The molecule has 1 aliphatic heterocycles. The average Bonchev–Trinajstić information content (AvgIpc) is 2.58. The molecule has 0 aromatic heterocycles. The number of carbonyl (C=O) groups excluding carboxylic acids is 1. The van der Waals surface area contributed by atoms with Crippen LogP contribution in [0.25, 0.3) is 0 Å². The van der Waals surface area contributed by atoms with E-state index in [1.54, 1.807) is 4.90 Å². The maximum Gasteiger partial charge on any atom is 0.410 e. The van der Waals surface area contributed by atoms with Gasteiger partial charge in [-0.3, -0.25) is 4.90 Å². The molecule has 152 valence electrons. The van der Waals surface area contributed by atoms with Gasteiger partial charge in [0.1, 0.15) is 5.60 Å². The second-order valence-electron chi connectivity index (χ2n) is 7.57. The van der Waals surface area contributed by atoms with Crippen molar-refractivity contribution < 1.29 is 28.9 Å². The molecule has 1 aromatic rings. The second kappa shape index (κ2) is 9.34. The quantitative estimate of drug-likeness (QED) is 0.578. The summed E-state index contributed by atoms with van der Waals surface area (Å²) in [6.07, 6.45) is -1.26. The van der Waals surface area contributed by atoms with Crippen LogP contribution in [0.5, 0.6) is 5.75 Å². The number of piperazine rings is 1. The Morgan fingerprint density at radius 1 is 1.22 bits per heavy atom. The standard InChI is InChI=1S/C19H29FN2O5/c1-19(2,3)27-18(25)22-10-8-21(9-11-22)7-4-12-26-16-6-5-14(17(23)24)13-15(16)20/h5-6,13,17,23-24H,4,7-12H2,1-3H3. The van der Waals surface area contributed by atoms with Crippen molar-refractivity contribution in [3.05, 3.63) is 29.6 Å². The number of ether oxygens (including phenoxy) is 2. The predicted molar refractivity (Wildman–Crippen MR) is 97.9 cm³/mol. The van der Waals surface area contributed by atoms with Crippen LogP contribution < -0.4 is 4.74 Å². The Hall–Kier alpha value is -1.90. The first-order chi connectivity index (χ1) is 12.7. The number of aliphatic hydroxyl groups is 2. The van der Waals surface area contributed by atoms with E-state index in [-0.39, 0.29) is 17.4 Å². The third-order valence-electron chi connectivity index (χ3n) is 4.15. The fourth-order valence-corrected chi connectivity index (χ4v) is 2.75. The van der Waals surface area contributed by atoms with Crippen molar-refractivity contribution in [1.29, 1.82) is 0 Å². The molecule has 27 heavy (non-hydrogen) atoms. The number of rotatable bonds is 6. The molecule has 7 nitrogen and oxygen atoms in total. The van der Waals surface area contributed by atoms with E-state index in [0.29, 0.717) is 19.7 Å². The van der Waals surface area contributed by atoms with Gasteiger partial charge in [0, 0.05) is 38.3 Å². The van der Waals surface area contributed by atoms with E-state index in [1.165, 1.54) is 12.1 Å². The number of hydrogen-bond donors (Lipinski definition) is 2. The Morgan fingerprint density at radius 3 is 2.44 bits per heavy atom. The summed E-state index contributed by atoms with van der Waals surface area (Å²) in [5.41, 5.74) is -0.406. The van der Waals surface area contributed by atoms with Gasteiger partial charge in [-0.2, -0.15) is 0 Å². The number of benzene rings is 1. The smallest absolute Gasteiger partial charge is 0.410 e. The lowest BCUT2D eigenvalue weighted by molar-refractivity contribution is -0.0427. The van der Waals surface area contributed by atoms with Gasteiger partial charge in [0.2, 0.25) is 0 Å². The van der Waals surface area contributed by atoms with Gasteiger partial charge in [-0.1, -0.05) is 6.07 Å². The van der Waals surface area contributed by atoms with Crippen LogP contribution in [0.15, 0.2) is 18.2 Å². The van der Waals surface area contributed by atoms with Crippen LogP contribution in [0.2, 0.25) is 0 Å². The number of aliphatic hydroxyl groups excluding tert-OH is 1. The van der Waals surface area contributed by atoms with Crippen molar-refractivity contribution in [3.63, 3.8) is 0 Å². The van der Waals surface area contributed by atoms with E-state index in [9.17, 15) is 9.18 Å². The summed E-state index contributed by atoms with van der Waals surface area (Å²) in [5.74, 6) is -0.527. The van der Waals surface area contributed by atoms with E-state index < -0.39 is 17.7 Å². The van der Waals surface area contributed by atoms with E-state index >= 15 is 0 Å². The lowest BCUT2D eigenvalue weighted by Crippen LogP contribution is -2.50. The number of amides is 1. The molecule has 0 unspecified atom stereocenters. The van der Waals surface area contributed by atoms with Gasteiger partial charge in [0.15, 0.2) is 17.9 Å². The number of carbonyl (C=O) groups is 1. The summed E-state index contributed by atoms with van der Waals surface area (Å²) < 4.78 is 24.6. The van der Waals surface area contributed by atoms with Crippen LogP contribution in [-0.2, 0) is 4.74 Å². The molecule has 1 heterocycles. The van der Waals surface area contributed by atoms with Crippen molar-refractivity contribution in [1.82, 2.24) is 9.80 Å². The molecule has 1 aliphatic rings. The van der Waals surface area contributed by atoms with Crippen molar-refractivity contribution in [2.75, 3.05) is 39.3 Å². The van der Waals surface area contributed by atoms with Gasteiger partial charge >= 0.3 is 6.09 Å². The summed E-state index contributed by atoms with van der Waals surface area (Å²) in [4.78, 5) is 16.0. The van der Waals surface area contributed by atoms with Crippen LogP contribution in [0.4, 0.5) is 9.18 Å². The Labute approximate surface area is 159 Å². The minimum Gasteiger partial charge on any atom is -0.490 e. The molecular formula is C19H29FN2O5. The zero-order chi connectivity index (χ0) is 20.0. The molecule has 0 aliphatic carbocycles. The van der Waals surface area contributed by atoms with Crippen LogP contribution in [0.1, 0.15) is 39.0 Å². The van der Waals surface area contributed by atoms with Crippen LogP contribution >= 0.6 is 0 Å². The van der Waals surface area contributed by atoms with E-state index in [0.717, 1.165) is 32.1 Å². The highest BCUT2D eigenvalue weighted by Gasteiger charge is 2.25. The largest absolute Gasteiger partial charge is 0.490 e. The predicted octanol–water partition coefficient (Wildman–Crippen LogP) is 2.13. The van der Waals surface area contributed by atoms with Gasteiger partial charge in [-0.05, 0) is 39.3 Å². The Balaban J connectivity index is 1.67. The van der Waals surface area contributed by atoms with Gasteiger partial charge < -0.3 is 24.6 Å². The van der Waals surface area contributed by atoms with E-state index in [1.807, 2.05) is 20.8 Å². The lowest BCUT2D eigenvalue weighted by Gasteiger charge is -2.35. The zero-order valence-corrected chi connectivity index (χ0v) is 16.2. The summed E-state index contributed by atoms with van der Waals surface area (Å²) in [5, 5.41) is 18.0.